The van der Waals surface area contributed by atoms with Crippen LogP contribution in [0.25, 0.3) is 0 Å². The van der Waals surface area contributed by atoms with Crippen molar-refractivity contribution in [3.05, 3.63) is 30.1 Å². The lowest BCUT2D eigenvalue weighted by Crippen LogP contribution is -2.55. The van der Waals surface area contributed by atoms with Crippen molar-refractivity contribution in [3.8, 4) is 5.75 Å². The number of hydrogen-bond acceptors (Lipinski definition) is 3. The smallest absolute Gasteiger partial charge is 0.471 e. The largest absolute Gasteiger partial charge is 0.494 e. The summed E-state index contributed by atoms with van der Waals surface area (Å²) in [5.41, 5.74) is 0. The first kappa shape index (κ1) is 16.5. The minimum absolute atomic E-state index is 0.00881. The number of carbonyl (C=O) groups is 1. The normalized spacial score (nSPS) is 19.1. The van der Waals surface area contributed by atoms with Crippen LogP contribution >= 0.6 is 0 Å². The van der Waals surface area contributed by atoms with Crippen molar-refractivity contribution in [1.82, 2.24) is 10.2 Å². The molecule has 1 saturated heterocycles. The highest BCUT2D eigenvalue weighted by molar-refractivity contribution is 5.82. The number of nitrogens with one attached hydrogen (secondary N) is 1. The second kappa shape index (κ2) is 6.95. The van der Waals surface area contributed by atoms with Gasteiger partial charge in [-0.2, -0.15) is 13.2 Å². The summed E-state index contributed by atoms with van der Waals surface area (Å²) < 4.78 is 55.3. The van der Waals surface area contributed by atoms with Crippen molar-refractivity contribution in [2.24, 2.45) is 0 Å². The van der Waals surface area contributed by atoms with Gasteiger partial charge in [0.25, 0.3) is 0 Å². The third-order valence-electron chi connectivity index (χ3n) is 3.33. The minimum atomic E-state index is -4.84. The number of carbonyl (C=O) groups excluding carboxylic acids is 1. The van der Waals surface area contributed by atoms with Gasteiger partial charge in [-0.1, -0.05) is 0 Å². The van der Waals surface area contributed by atoms with E-state index in [4.69, 9.17) is 4.74 Å². The van der Waals surface area contributed by atoms with Crippen LogP contribution in [0.3, 0.4) is 0 Å². The molecule has 1 N–H and O–H groups in total. The molecule has 0 saturated carbocycles. The number of rotatable bonds is 4. The number of benzene rings is 1. The molecular weight excluding hydrogens is 304 g/mol. The molecule has 1 aromatic rings. The molecule has 22 heavy (non-hydrogen) atoms. The molecule has 1 atom stereocenters. The van der Waals surface area contributed by atoms with E-state index >= 15 is 0 Å². The molecule has 2 rings (SSSR count). The van der Waals surface area contributed by atoms with E-state index in [1.54, 1.807) is 0 Å². The Morgan fingerprint density at radius 2 is 2.00 bits per heavy atom. The van der Waals surface area contributed by atoms with Gasteiger partial charge in [-0.3, -0.25) is 4.79 Å². The molecule has 0 radical (unpaired) electrons. The summed E-state index contributed by atoms with van der Waals surface area (Å²) in [6.07, 6.45) is -4.40. The van der Waals surface area contributed by atoms with Crippen molar-refractivity contribution in [2.75, 3.05) is 26.2 Å². The van der Waals surface area contributed by atoms with Crippen LogP contribution in [0.4, 0.5) is 17.6 Å². The van der Waals surface area contributed by atoms with Crippen molar-refractivity contribution in [2.45, 2.75) is 18.6 Å². The molecule has 1 aromatic carbocycles. The van der Waals surface area contributed by atoms with Crippen molar-refractivity contribution < 1.29 is 27.1 Å². The second-order valence-corrected chi connectivity index (χ2v) is 4.99. The van der Waals surface area contributed by atoms with Gasteiger partial charge >= 0.3 is 12.1 Å². The first-order valence-corrected chi connectivity index (χ1v) is 6.84. The zero-order valence-electron chi connectivity index (χ0n) is 11.7. The highest BCUT2D eigenvalue weighted by Crippen LogP contribution is 2.20. The average molecular weight is 320 g/mol. The van der Waals surface area contributed by atoms with Gasteiger partial charge in [0.05, 0.1) is 6.61 Å². The predicted molar refractivity (Wildman–Crippen MR) is 70.9 cm³/mol. The Morgan fingerprint density at radius 1 is 1.32 bits per heavy atom. The summed E-state index contributed by atoms with van der Waals surface area (Å²) in [5, 5.41) is 3.05. The van der Waals surface area contributed by atoms with Crippen LogP contribution in [0.5, 0.6) is 5.75 Å². The second-order valence-electron chi connectivity index (χ2n) is 4.99. The highest BCUT2D eigenvalue weighted by Gasteiger charge is 2.43. The first-order valence-electron chi connectivity index (χ1n) is 6.84. The van der Waals surface area contributed by atoms with Crippen molar-refractivity contribution in [3.63, 3.8) is 0 Å². The summed E-state index contributed by atoms with van der Waals surface area (Å²) in [4.78, 5) is 12.0. The summed E-state index contributed by atoms with van der Waals surface area (Å²) in [5.74, 6) is -1.69. The molecule has 1 amide bonds. The molecule has 1 heterocycles. The lowest BCUT2D eigenvalue weighted by Gasteiger charge is -2.34. The van der Waals surface area contributed by atoms with Crippen LogP contribution < -0.4 is 10.1 Å². The Morgan fingerprint density at radius 3 is 2.64 bits per heavy atom. The zero-order chi connectivity index (χ0) is 16.2. The Bertz CT molecular complexity index is 505. The van der Waals surface area contributed by atoms with Gasteiger partial charge in [0.2, 0.25) is 0 Å². The van der Waals surface area contributed by atoms with E-state index < -0.39 is 12.1 Å². The molecule has 122 valence electrons. The number of alkyl halides is 3. The number of ether oxygens (including phenoxy) is 1. The third-order valence-corrected chi connectivity index (χ3v) is 3.33. The molecule has 8 heteroatoms. The van der Waals surface area contributed by atoms with E-state index in [2.05, 4.69) is 5.32 Å². The van der Waals surface area contributed by atoms with Crippen LogP contribution in [0.15, 0.2) is 24.3 Å². The molecule has 1 aliphatic rings. The van der Waals surface area contributed by atoms with E-state index in [0.717, 1.165) is 4.90 Å². The molecular formula is C14H16F4N2O2. The van der Waals surface area contributed by atoms with Crippen LogP contribution in [-0.4, -0.2) is 49.3 Å². The van der Waals surface area contributed by atoms with Gasteiger partial charge in [0.1, 0.15) is 11.6 Å². The molecule has 1 aliphatic heterocycles. The SMILES string of the molecule is O=C(N1CCNC(CCOc2ccc(F)cc2)C1)C(F)(F)F. The Kier molecular flexibility index (Phi) is 5.23. The minimum Gasteiger partial charge on any atom is -0.494 e. The number of hydrogen-bond donors (Lipinski definition) is 1. The van der Waals surface area contributed by atoms with Crippen LogP contribution in [0.2, 0.25) is 0 Å². The van der Waals surface area contributed by atoms with Crippen molar-refractivity contribution in [1.29, 1.82) is 0 Å². The monoisotopic (exact) mass is 320 g/mol. The maximum absolute atomic E-state index is 12.7. The van der Waals surface area contributed by atoms with E-state index in [9.17, 15) is 22.4 Å². The quantitative estimate of drug-likeness (QED) is 0.862. The summed E-state index contributed by atoms with van der Waals surface area (Å²) in [7, 11) is 0. The number of halogens is 4. The lowest BCUT2D eigenvalue weighted by molar-refractivity contribution is -0.186. The first-order chi connectivity index (χ1) is 10.4. The molecule has 4 nitrogen and oxygen atoms in total. The molecule has 0 bridgehead atoms. The van der Waals surface area contributed by atoms with Gasteiger partial charge in [-0.25, -0.2) is 4.39 Å². The topological polar surface area (TPSA) is 41.6 Å². The maximum atomic E-state index is 12.7. The van der Waals surface area contributed by atoms with E-state index in [0.29, 0.717) is 18.7 Å². The van der Waals surface area contributed by atoms with Crippen molar-refractivity contribution >= 4 is 5.91 Å². The van der Waals surface area contributed by atoms with Gasteiger partial charge in [0, 0.05) is 25.7 Å². The zero-order valence-corrected chi connectivity index (χ0v) is 11.7. The average Bonchev–Trinajstić information content (AvgIpc) is 2.48. The third kappa shape index (κ3) is 4.59. The fourth-order valence-corrected chi connectivity index (χ4v) is 2.23. The fourth-order valence-electron chi connectivity index (χ4n) is 2.23. The standard InChI is InChI=1S/C14H16F4N2O2/c15-10-1-3-12(4-2-10)22-8-5-11-9-20(7-6-19-11)13(21)14(16,17)18/h1-4,11,19H,5-9H2. The Labute approximate surface area is 125 Å². The molecule has 1 unspecified atom stereocenters. The predicted octanol–water partition coefficient (Wildman–Crippen LogP) is 1.96. The molecule has 0 aliphatic carbocycles. The molecule has 0 spiro atoms. The lowest BCUT2D eigenvalue weighted by atomic mass is 10.1. The van der Waals surface area contributed by atoms with Gasteiger partial charge < -0.3 is 15.0 Å². The summed E-state index contributed by atoms with van der Waals surface area (Å²) >= 11 is 0. The molecule has 1 fully saturated rings. The van der Waals surface area contributed by atoms with E-state index in [-0.39, 0.29) is 31.6 Å². The highest BCUT2D eigenvalue weighted by atomic mass is 19.4. The number of piperazine rings is 1. The number of amides is 1. The van der Waals surface area contributed by atoms with Gasteiger partial charge in [0.15, 0.2) is 0 Å². The fraction of sp³-hybridized carbons (Fsp3) is 0.500. The Balaban J connectivity index is 1.78. The summed E-state index contributed by atoms with van der Waals surface area (Å²) in [6.45, 7) is 0.596. The van der Waals surface area contributed by atoms with Gasteiger partial charge in [-0.15, -0.1) is 0 Å². The molecule has 0 aromatic heterocycles. The van der Waals surface area contributed by atoms with Gasteiger partial charge in [-0.05, 0) is 30.7 Å². The Hall–Kier alpha value is -1.83. The van der Waals surface area contributed by atoms with E-state index in [1.165, 1.54) is 24.3 Å². The number of nitrogens with zero attached hydrogens (tertiary/aromatic N) is 1. The van der Waals surface area contributed by atoms with E-state index in [1.807, 2.05) is 0 Å². The summed E-state index contributed by atoms with van der Waals surface area (Å²) in [6, 6.07) is 5.21. The van der Waals surface area contributed by atoms with Crippen LogP contribution in [0.1, 0.15) is 6.42 Å². The van der Waals surface area contributed by atoms with Crippen LogP contribution in [0, 0.1) is 5.82 Å². The maximum Gasteiger partial charge on any atom is 0.471 e. The van der Waals surface area contributed by atoms with Crippen LogP contribution in [-0.2, 0) is 4.79 Å².